The summed E-state index contributed by atoms with van der Waals surface area (Å²) in [6, 6.07) is 28.6. The Balaban J connectivity index is 1.61. The van der Waals surface area contributed by atoms with Crippen LogP contribution in [0.25, 0.3) is 0 Å². The Kier molecular flexibility index (Phi) is 5.85. The molecule has 0 aliphatic heterocycles. The molecule has 6 heteroatoms. The zero-order valence-electron chi connectivity index (χ0n) is 17.1. The van der Waals surface area contributed by atoms with Crippen molar-refractivity contribution in [3.63, 3.8) is 0 Å². The first-order valence-corrected chi connectivity index (χ1v) is 9.80. The molecule has 0 bridgehead atoms. The van der Waals surface area contributed by atoms with E-state index in [2.05, 4.69) is 49.6 Å². The molecule has 0 fully saturated rings. The standard InChI is InChI=1S/C24H24N6/c1-29(2)21-15-13-20(14-16-21)26-24-27-23(17-25-28-24)30(22-11-7-4-8-12-22)18-19-9-5-3-6-10-19/h3-17H,18H2,1-2H3,(H,26,27,28). The van der Waals surface area contributed by atoms with E-state index < -0.39 is 0 Å². The van der Waals surface area contributed by atoms with Gasteiger partial charge in [0.15, 0.2) is 5.82 Å². The highest BCUT2D eigenvalue weighted by Crippen LogP contribution is 2.26. The highest BCUT2D eigenvalue weighted by atomic mass is 15.3. The average Bonchev–Trinajstić information content (AvgIpc) is 2.79. The lowest BCUT2D eigenvalue weighted by Crippen LogP contribution is -2.18. The van der Waals surface area contributed by atoms with Gasteiger partial charge in [-0.3, -0.25) is 0 Å². The van der Waals surface area contributed by atoms with Crippen molar-refractivity contribution < 1.29 is 0 Å². The predicted molar refractivity (Wildman–Crippen MR) is 123 cm³/mol. The first-order valence-electron chi connectivity index (χ1n) is 9.80. The summed E-state index contributed by atoms with van der Waals surface area (Å²) in [6.07, 6.45) is 1.69. The van der Waals surface area contributed by atoms with Crippen LogP contribution in [0.15, 0.2) is 91.1 Å². The molecule has 3 aromatic carbocycles. The number of para-hydroxylation sites is 1. The number of anilines is 5. The Morgan fingerprint density at radius 3 is 2.10 bits per heavy atom. The summed E-state index contributed by atoms with van der Waals surface area (Å²) in [7, 11) is 4.04. The van der Waals surface area contributed by atoms with Crippen LogP contribution < -0.4 is 15.1 Å². The molecule has 150 valence electrons. The van der Waals surface area contributed by atoms with E-state index >= 15 is 0 Å². The van der Waals surface area contributed by atoms with Crippen molar-refractivity contribution in [3.05, 3.63) is 96.7 Å². The zero-order valence-corrected chi connectivity index (χ0v) is 17.1. The highest BCUT2D eigenvalue weighted by molar-refractivity contribution is 5.62. The fraction of sp³-hybridized carbons (Fsp3) is 0.125. The van der Waals surface area contributed by atoms with E-state index in [-0.39, 0.29) is 0 Å². The summed E-state index contributed by atoms with van der Waals surface area (Å²) < 4.78 is 0. The van der Waals surface area contributed by atoms with E-state index in [4.69, 9.17) is 4.98 Å². The Labute approximate surface area is 176 Å². The zero-order chi connectivity index (χ0) is 20.8. The van der Waals surface area contributed by atoms with E-state index in [9.17, 15) is 0 Å². The minimum Gasteiger partial charge on any atom is -0.378 e. The van der Waals surface area contributed by atoms with Gasteiger partial charge in [-0.15, -0.1) is 5.10 Å². The van der Waals surface area contributed by atoms with Gasteiger partial charge in [0.25, 0.3) is 0 Å². The van der Waals surface area contributed by atoms with Gasteiger partial charge in [0, 0.05) is 37.7 Å². The molecule has 0 spiro atoms. The molecule has 0 amide bonds. The third-order valence-corrected chi connectivity index (χ3v) is 4.71. The second kappa shape index (κ2) is 9.05. The molecule has 1 aromatic heterocycles. The van der Waals surface area contributed by atoms with Crippen molar-refractivity contribution in [1.29, 1.82) is 0 Å². The first kappa shape index (κ1) is 19.4. The Morgan fingerprint density at radius 2 is 1.43 bits per heavy atom. The van der Waals surface area contributed by atoms with Gasteiger partial charge in [0.2, 0.25) is 5.95 Å². The van der Waals surface area contributed by atoms with E-state index in [1.54, 1.807) is 6.20 Å². The van der Waals surface area contributed by atoms with Crippen molar-refractivity contribution in [2.75, 3.05) is 29.2 Å². The van der Waals surface area contributed by atoms with Crippen LogP contribution >= 0.6 is 0 Å². The van der Waals surface area contributed by atoms with E-state index in [1.165, 1.54) is 5.56 Å². The van der Waals surface area contributed by atoms with Crippen LogP contribution in [0.2, 0.25) is 0 Å². The van der Waals surface area contributed by atoms with Crippen molar-refractivity contribution in [3.8, 4) is 0 Å². The Bertz CT molecular complexity index is 1070. The molecule has 0 atom stereocenters. The minimum absolute atomic E-state index is 0.457. The molecule has 6 nitrogen and oxygen atoms in total. The number of nitrogens with one attached hydrogen (secondary N) is 1. The largest absolute Gasteiger partial charge is 0.378 e. The lowest BCUT2D eigenvalue weighted by molar-refractivity contribution is 0.900. The van der Waals surface area contributed by atoms with Crippen molar-refractivity contribution in [2.45, 2.75) is 6.54 Å². The van der Waals surface area contributed by atoms with Crippen molar-refractivity contribution in [1.82, 2.24) is 15.2 Å². The molecule has 0 aliphatic carbocycles. The summed E-state index contributed by atoms with van der Waals surface area (Å²) in [5.41, 5.74) is 4.28. The van der Waals surface area contributed by atoms with Crippen LogP contribution in [0.4, 0.5) is 28.8 Å². The van der Waals surface area contributed by atoms with Gasteiger partial charge in [0.05, 0.1) is 6.20 Å². The number of rotatable bonds is 7. The number of hydrogen-bond donors (Lipinski definition) is 1. The number of benzene rings is 3. The molecule has 0 saturated carbocycles. The Morgan fingerprint density at radius 1 is 0.767 bits per heavy atom. The maximum Gasteiger partial charge on any atom is 0.249 e. The third-order valence-electron chi connectivity index (χ3n) is 4.71. The van der Waals surface area contributed by atoms with Gasteiger partial charge in [0.1, 0.15) is 0 Å². The minimum atomic E-state index is 0.457. The van der Waals surface area contributed by atoms with Gasteiger partial charge >= 0.3 is 0 Å². The molecule has 30 heavy (non-hydrogen) atoms. The SMILES string of the molecule is CN(C)c1ccc(Nc2nncc(N(Cc3ccccc3)c3ccccc3)n2)cc1. The molecule has 1 heterocycles. The average molecular weight is 396 g/mol. The molecular weight excluding hydrogens is 372 g/mol. The summed E-state index contributed by atoms with van der Waals surface area (Å²) >= 11 is 0. The summed E-state index contributed by atoms with van der Waals surface area (Å²) in [4.78, 5) is 8.92. The van der Waals surface area contributed by atoms with Crippen molar-refractivity contribution >= 4 is 28.8 Å². The molecule has 0 aliphatic rings. The Hall–Kier alpha value is -3.93. The molecule has 0 radical (unpaired) electrons. The van der Waals surface area contributed by atoms with Gasteiger partial charge in [-0.25, -0.2) is 0 Å². The number of aromatic nitrogens is 3. The first-order chi connectivity index (χ1) is 14.7. The highest BCUT2D eigenvalue weighted by Gasteiger charge is 2.13. The van der Waals surface area contributed by atoms with Gasteiger partial charge in [-0.05, 0) is 42.0 Å². The topological polar surface area (TPSA) is 57.2 Å². The maximum atomic E-state index is 4.73. The fourth-order valence-corrected chi connectivity index (χ4v) is 3.13. The van der Waals surface area contributed by atoms with Crippen LogP contribution in [-0.4, -0.2) is 29.3 Å². The quantitative estimate of drug-likeness (QED) is 0.473. The molecule has 0 saturated heterocycles. The third kappa shape index (κ3) is 4.72. The van der Waals surface area contributed by atoms with Gasteiger partial charge in [-0.1, -0.05) is 48.5 Å². The molecule has 4 rings (SSSR count). The molecule has 1 N–H and O–H groups in total. The van der Waals surface area contributed by atoms with Gasteiger partial charge < -0.3 is 15.1 Å². The monoisotopic (exact) mass is 396 g/mol. The second-order valence-corrected chi connectivity index (χ2v) is 7.11. The number of hydrogen-bond acceptors (Lipinski definition) is 6. The number of nitrogens with zero attached hydrogens (tertiary/aromatic N) is 5. The normalized spacial score (nSPS) is 10.5. The summed E-state index contributed by atoms with van der Waals surface area (Å²) in [5, 5.41) is 11.6. The van der Waals surface area contributed by atoms with E-state index in [1.807, 2.05) is 74.8 Å². The maximum absolute atomic E-state index is 4.73. The predicted octanol–water partition coefficient (Wildman–Crippen LogP) is 5.02. The molecule has 4 aromatic rings. The van der Waals surface area contributed by atoms with Crippen LogP contribution in [0.5, 0.6) is 0 Å². The lowest BCUT2D eigenvalue weighted by atomic mass is 10.2. The summed E-state index contributed by atoms with van der Waals surface area (Å²) in [5.74, 6) is 1.19. The van der Waals surface area contributed by atoms with Crippen molar-refractivity contribution in [2.24, 2.45) is 0 Å². The fourth-order valence-electron chi connectivity index (χ4n) is 3.13. The van der Waals surface area contributed by atoms with Gasteiger partial charge in [-0.2, -0.15) is 10.1 Å². The lowest BCUT2D eigenvalue weighted by Gasteiger charge is -2.24. The molecule has 0 unspecified atom stereocenters. The van der Waals surface area contributed by atoms with Crippen LogP contribution in [0.3, 0.4) is 0 Å². The summed E-state index contributed by atoms with van der Waals surface area (Å²) in [6.45, 7) is 0.681. The molecular formula is C24H24N6. The van der Waals surface area contributed by atoms with Crippen LogP contribution in [0, 0.1) is 0 Å². The second-order valence-electron chi connectivity index (χ2n) is 7.11. The van der Waals surface area contributed by atoms with Crippen LogP contribution in [0.1, 0.15) is 5.56 Å². The van der Waals surface area contributed by atoms with Crippen LogP contribution in [-0.2, 0) is 6.54 Å². The van der Waals surface area contributed by atoms with E-state index in [0.717, 1.165) is 22.9 Å². The smallest absolute Gasteiger partial charge is 0.249 e. The van der Waals surface area contributed by atoms with E-state index in [0.29, 0.717) is 12.5 Å².